The van der Waals surface area contributed by atoms with Crippen LogP contribution in [0.1, 0.15) is 34.6 Å². The SMILES string of the molecule is CN.O=c1cc2n(c(=O)n1Cc1nc(CC3SC3c3ccc(Cl)cc3)no1)CCC2. The minimum absolute atomic E-state index is 0.00334. The summed E-state index contributed by atoms with van der Waals surface area (Å²) < 4.78 is 8.10. The molecule has 1 aromatic carbocycles. The second-order valence-electron chi connectivity index (χ2n) is 7.05. The average molecular weight is 448 g/mol. The summed E-state index contributed by atoms with van der Waals surface area (Å²) in [7, 11) is 1.50. The van der Waals surface area contributed by atoms with E-state index in [0.29, 0.717) is 29.3 Å². The minimum atomic E-state index is -0.321. The van der Waals surface area contributed by atoms with E-state index in [0.717, 1.165) is 28.1 Å². The fourth-order valence-corrected chi connectivity index (χ4v) is 4.89. The fraction of sp³-hybridized carbons (Fsp3) is 0.400. The first-order chi connectivity index (χ1) is 14.6. The summed E-state index contributed by atoms with van der Waals surface area (Å²) in [6, 6.07) is 9.40. The molecular weight excluding hydrogens is 426 g/mol. The van der Waals surface area contributed by atoms with Crippen molar-refractivity contribution in [2.45, 2.75) is 42.9 Å². The first-order valence-electron chi connectivity index (χ1n) is 9.72. The highest BCUT2D eigenvalue weighted by molar-refractivity contribution is 8.07. The Kier molecular flexibility index (Phi) is 6.12. The lowest BCUT2D eigenvalue weighted by Gasteiger charge is -2.06. The lowest BCUT2D eigenvalue weighted by Crippen LogP contribution is -2.39. The Bertz CT molecular complexity index is 1150. The Morgan fingerprint density at radius 3 is 2.80 bits per heavy atom. The number of nitrogens with zero attached hydrogens (tertiary/aromatic N) is 4. The Morgan fingerprint density at radius 2 is 2.03 bits per heavy atom. The van der Waals surface area contributed by atoms with Crippen LogP contribution in [-0.4, -0.2) is 31.6 Å². The number of thioether (sulfide) groups is 1. The monoisotopic (exact) mass is 447 g/mol. The molecular formula is C20H22ClN5O3S. The second-order valence-corrected chi connectivity index (χ2v) is 8.87. The van der Waals surface area contributed by atoms with Crippen LogP contribution in [0.4, 0.5) is 0 Å². The lowest BCUT2D eigenvalue weighted by atomic mass is 10.1. The van der Waals surface area contributed by atoms with Gasteiger partial charge < -0.3 is 10.3 Å². The summed E-state index contributed by atoms with van der Waals surface area (Å²) in [6.07, 6.45) is 2.33. The van der Waals surface area contributed by atoms with Crippen LogP contribution in [0.3, 0.4) is 0 Å². The zero-order chi connectivity index (χ0) is 21.3. The third kappa shape index (κ3) is 4.23. The number of nitrogens with two attached hydrogens (primary N) is 1. The van der Waals surface area contributed by atoms with Gasteiger partial charge in [-0.25, -0.2) is 4.79 Å². The summed E-state index contributed by atoms with van der Waals surface area (Å²) in [4.78, 5) is 29.2. The standard InChI is InChI=1S/C19H17ClN4O3S.CH5N/c20-12-5-3-11(4-6-12)18-14(28-18)9-15-21-16(27-22-15)10-24-17(25)8-13-2-1-7-23(13)19(24)26;1-2/h3-6,8,14,18H,1-2,7,9-10H2;2H2,1H3. The van der Waals surface area contributed by atoms with Crippen LogP contribution in [0.5, 0.6) is 0 Å². The Hall–Kier alpha value is -2.36. The predicted octanol–water partition coefficient (Wildman–Crippen LogP) is 2.01. The van der Waals surface area contributed by atoms with Crippen LogP contribution in [0.25, 0.3) is 0 Å². The van der Waals surface area contributed by atoms with Gasteiger partial charge in [-0.05, 0) is 37.6 Å². The van der Waals surface area contributed by atoms with Crippen molar-refractivity contribution in [3.63, 3.8) is 0 Å². The molecule has 0 bridgehead atoms. The Balaban J connectivity index is 0.00000106. The Labute approximate surface area is 182 Å². The fourth-order valence-electron chi connectivity index (χ4n) is 3.67. The van der Waals surface area contributed by atoms with E-state index in [1.54, 1.807) is 4.57 Å². The van der Waals surface area contributed by atoms with Crippen LogP contribution in [0.2, 0.25) is 5.02 Å². The van der Waals surface area contributed by atoms with Gasteiger partial charge in [-0.1, -0.05) is 28.9 Å². The summed E-state index contributed by atoms with van der Waals surface area (Å²) >= 11 is 7.79. The molecule has 10 heteroatoms. The number of benzene rings is 1. The van der Waals surface area contributed by atoms with Gasteiger partial charge in [-0.2, -0.15) is 4.98 Å². The van der Waals surface area contributed by atoms with Crippen molar-refractivity contribution in [2.75, 3.05) is 7.05 Å². The van der Waals surface area contributed by atoms with E-state index in [1.165, 1.54) is 18.7 Å². The molecule has 5 rings (SSSR count). The number of fused-ring (bicyclic) bond motifs is 1. The molecule has 2 aliphatic rings. The minimum Gasteiger partial charge on any atom is -0.337 e. The number of hydrogen-bond acceptors (Lipinski definition) is 7. The second kappa shape index (κ2) is 8.79. The molecule has 2 atom stereocenters. The van der Waals surface area contributed by atoms with Gasteiger partial charge in [0.1, 0.15) is 6.54 Å². The normalized spacial score (nSPS) is 19.2. The number of halogens is 1. The zero-order valence-electron chi connectivity index (χ0n) is 16.5. The van der Waals surface area contributed by atoms with Crippen molar-refractivity contribution >= 4 is 23.4 Å². The van der Waals surface area contributed by atoms with Crippen LogP contribution >= 0.6 is 23.4 Å². The molecule has 2 aliphatic heterocycles. The molecule has 8 nitrogen and oxygen atoms in total. The van der Waals surface area contributed by atoms with Gasteiger partial charge in [0.25, 0.3) is 5.56 Å². The van der Waals surface area contributed by atoms with Crippen molar-refractivity contribution in [1.82, 2.24) is 19.3 Å². The zero-order valence-corrected chi connectivity index (χ0v) is 18.0. The van der Waals surface area contributed by atoms with Crippen molar-refractivity contribution < 1.29 is 4.52 Å². The topological polar surface area (TPSA) is 109 Å². The number of aromatic nitrogens is 4. The van der Waals surface area contributed by atoms with Crippen LogP contribution in [-0.2, 0) is 25.9 Å². The van der Waals surface area contributed by atoms with Gasteiger partial charge in [0.05, 0.1) is 0 Å². The lowest BCUT2D eigenvalue weighted by molar-refractivity contribution is 0.361. The quantitative estimate of drug-likeness (QED) is 0.596. The van der Waals surface area contributed by atoms with E-state index in [9.17, 15) is 9.59 Å². The maximum atomic E-state index is 12.5. The highest BCUT2D eigenvalue weighted by atomic mass is 35.5. The molecule has 0 amide bonds. The van der Waals surface area contributed by atoms with Gasteiger partial charge in [0.15, 0.2) is 5.82 Å². The number of aryl methyl sites for hydroxylation is 1. The summed E-state index contributed by atoms with van der Waals surface area (Å²) in [5.74, 6) is 0.875. The molecule has 2 unspecified atom stereocenters. The molecule has 2 N–H and O–H groups in total. The highest BCUT2D eigenvalue weighted by Gasteiger charge is 2.40. The van der Waals surface area contributed by atoms with E-state index in [4.69, 9.17) is 16.1 Å². The summed E-state index contributed by atoms with van der Waals surface area (Å²) in [6.45, 7) is 0.651. The van der Waals surface area contributed by atoms with E-state index in [2.05, 4.69) is 15.9 Å². The molecule has 30 heavy (non-hydrogen) atoms. The predicted molar refractivity (Wildman–Crippen MR) is 116 cm³/mol. The molecule has 2 aromatic heterocycles. The largest absolute Gasteiger partial charge is 0.337 e. The summed E-state index contributed by atoms with van der Waals surface area (Å²) in [5, 5.41) is 5.54. The van der Waals surface area contributed by atoms with Gasteiger partial charge in [0.2, 0.25) is 5.89 Å². The van der Waals surface area contributed by atoms with Crippen molar-refractivity contribution in [3.05, 3.63) is 79.2 Å². The molecule has 0 radical (unpaired) electrons. The van der Waals surface area contributed by atoms with Gasteiger partial charge in [-0.3, -0.25) is 13.9 Å². The van der Waals surface area contributed by atoms with Gasteiger partial charge in [-0.15, -0.1) is 11.8 Å². The third-order valence-electron chi connectivity index (χ3n) is 5.15. The molecule has 158 valence electrons. The van der Waals surface area contributed by atoms with Crippen LogP contribution in [0.15, 0.2) is 44.4 Å². The van der Waals surface area contributed by atoms with Crippen LogP contribution in [0, 0.1) is 0 Å². The third-order valence-corrected chi connectivity index (χ3v) is 6.77. The van der Waals surface area contributed by atoms with Crippen molar-refractivity contribution in [3.8, 4) is 0 Å². The van der Waals surface area contributed by atoms with E-state index in [1.807, 2.05) is 36.0 Å². The molecule has 3 aromatic rings. The summed E-state index contributed by atoms with van der Waals surface area (Å²) in [5.41, 5.74) is 5.91. The molecule has 1 fully saturated rings. The molecule has 0 saturated carbocycles. The van der Waals surface area contributed by atoms with Gasteiger partial charge in [0, 0.05) is 40.2 Å². The molecule has 0 aliphatic carbocycles. The average Bonchev–Trinajstić information content (AvgIpc) is 3.12. The highest BCUT2D eigenvalue weighted by Crippen LogP contribution is 2.56. The maximum Gasteiger partial charge on any atom is 0.331 e. The van der Waals surface area contributed by atoms with Crippen LogP contribution < -0.4 is 17.0 Å². The Morgan fingerprint density at radius 1 is 1.27 bits per heavy atom. The molecule has 4 heterocycles. The van der Waals surface area contributed by atoms with E-state index >= 15 is 0 Å². The van der Waals surface area contributed by atoms with E-state index in [-0.39, 0.29) is 23.7 Å². The van der Waals surface area contributed by atoms with Gasteiger partial charge >= 0.3 is 5.69 Å². The molecule has 0 spiro atoms. The van der Waals surface area contributed by atoms with Crippen molar-refractivity contribution in [1.29, 1.82) is 0 Å². The first kappa shape index (κ1) is 20.9. The first-order valence-corrected chi connectivity index (χ1v) is 11.0. The molecule has 1 saturated heterocycles. The van der Waals surface area contributed by atoms with E-state index < -0.39 is 0 Å². The number of rotatable bonds is 5. The number of hydrogen-bond donors (Lipinski definition) is 1. The maximum absolute atomic E-state index is 12.5. The van der Waals surface area contributed by atoms with Crippen molar-refractivity contribution in [2.24, 2.45) is 5.73 Å². The smallest absolute Gasteiger partial charge is 0.331 e.